The van der Waals surface area contributed by atoms with Crippen molar-refractivity contribution < 1.29 is 9.53 Å². The summed E-state index contributed by atoms with van der Waals surface area (Å²) in [6.07, 6.45) is 3.32. The molecule has 0 aliphatic carbocycles. The van der Waals surface area contributed by atoms with E-state index in [2.05, 4.69) is 10.4 Å². The largest absolute Gasteiger partial charge is 0.394 e. The quantitative estimate of drug-likeness (QED) is 0.760. The lowest BCUT2D eigenvalue weighted by Crippen LogP contribution is -2.31. The third kappa shape index (κ3) is 2.16. The fraction of sp³-hybridized carbons (Fsp3) is 0.600. The maximum absolute atomic E-state index is 11.9. The van der Waals surface area contributed by atoms with E-state index in [4.69, 9.17) is 10.5 Å². The molecule has 1 aromatic rings. The van der Waals surface area contributed by atoms with E-state index < -0.39 is 0 Å². The summed E-state index contributed by atoms with van der Waals surface area (Å²) in [6.45, 7) is 1.24. The van der Waals surface area contributed by atoms with Gasteiger partial charge in [-0.25, -0.2) is 0 Å². The first-order valence-electron chi connectivity index (χ1n) is 5.34. The molecule has 0 spiro atoms. The van der Waals surface area contributed by atoms with E-state index in [1.165, 1.54) is 6.20 Å². The Bertz CT molecular complexity index is 363. The number of nitrogens with zero attached hydrogens (tertiary/aromatic N) is 2. The number of hydrogen-bond donors (Lipinski definition) is 2. The number of nitrogens with two attached hydrogens (primary N) is 1. The summed E-state index contributed by atoms with van der Waals surface area (Å²) >= 11 is 0. The van der Waals surface area contributed by atoms with Crippen molar-refractivity contribution in [3.63, 3.8) is 0 Å². The number of nitrogens with one attached hydrogen (secondary N) is 1. The zero-order chi connectivity index (χ0) is 11.5. The van der Waals surface area contributed by atoms with Crippen LogP contribution in [0, 0.1) is 5.92 Å². The van der Waals surface area contributed by atoms with Gasteiger partial charge in [0.1, 0.15) is 0 Å². The molecule has 0 saturated carbocycles. The monoisotopic (exact) mass is 224 g/mol. The van der Waals surface area contributed by atoms with Crippen molar-refractivity contribution in [1.29, 1.82) is 0 Å². The fourth-order valence-electron chi connectivity index (χ4n) is 1.77. The number of carbonyl (C=O) groups is 1. The smallest absolute Gasteiger partial charge is 0.231 e. The second-order valence-electron chi connectivity index (χ2n) is 3.98. The van der Waals surface area contributed by atoms with Gasteiger partial charge in [0.05, 0.1) is 24.4 Å². The van der Waals surface area contributed by atoms with Crippen molar-refractivity contribution in [2.75, 3.05) is 24.3 Å². The molecule has 16 heavy (non-hydrogen) atoms. The van der Waals surface area contributed by atoms with Gasteiger partial charge in [0, 0.05) is 13.7 Å². The molecule has 0 radical (unpaired) electrons. The molecule has 6 heteroatoms. The Labute approximate surface area is 93.8 Å². The van der Waals surface area contributed by atoms with Crippen LogP contribution in [0.25, 0.3) is 0 Å². The van der Waals surface area contributed by atoms with Crippen LogP contribution in [0.4, 0.5) is 11.5 Å². The van der Waals surface area contributed by atoms with Crippen LogP contribution in [0.3, 0.4) is 0 Å². The standard InChI is InChI=1S/C10H16N4O2/c1-14-9(8(11)5-12-14)13-10(15)7-3-2-4-16-6-7/h5,7H,2-4,6,11H2,1H3,(H,13,15). The number of carbonyl (C=O) groups excluding carboxylic acids is 1. The van der Waals surface area contributed by atoms with E-state index in [1.54, 1.807) is 11.7 Å². The highest BCUT2D eigenvalue weighted by molar-refractivity contribution is 5.94. The minimum absolute atomic E-state index is 0.0463. The van der Waals surface area contributed by atoms with E-state index in [0.29, 0.717) is 18.1 Å². The maximum Gasteiger partial charge on any atom is 0.231 e. The molecule has 3 N–H and O–H groups in total. The molecule has 1 aliphatic heterocycles. The first kappa shape index (κ1) is 10.9. The molecule has 88 valence electrons. The summed E-state index contributed by atoms with van der Waals surface area (Å²) in [6, 6.07) is 0. The van der Waals surface area contributed by atoms with E-state index in [-0.39, 0.29) is 11.8 Å². The second-order valence-corrected chi connectivity index (χ2v) is 3.98. The average molecular weight is 224 g/mol. The molecule has 2 heterocycles. The number of aromatic nitrogens is 2. The van der Waals surface area contributed by atoms with Gasteiger partial charge in [0.25, 0.3) is 0 Å². The third-order valence-corrected chi connectivity index (χ3v) is 2.74. The van der Waals surface area contributed by atoms with E-state index in [0.717, 1.165) is 19.4 Å². The summed E-state index contributed by atoms with van der Waals surface area (Å²) in [7, 11) is 1.74. The SMILES string of the molecule is Cn1ncc(N)c1NC(=O)C1CCCOC1. The summed E-state index contributed by atoms with van der Waals surface area (Å²) in [5.41, 5.74) is 6.17. The van der Waals surface area contributed by atoms with Gasteiger partial charge in [-0.2, -0.15) is 5.10 Å². The lowest BCUT2D eigenvalue weighted by atomic mass is 10.0. The average Bonchev–Trinajstić information content (AvgIpc) is 2.62. The van der Waals surface area contributed by atoms with Crippen molar-refractivity contribution in [3.05, 3.63) is 6.20 Å². The molecule has 1 aromatic heterocycles. The first-order chi connectivity index (χ1) is 7.68. The van der Waals surface area contributed by atoms with Gasteiger partial charge >= 0.3 is 0 Å². The summed E-state index contributed by atoms with van der Waals surface area (Å²) in [5.74, 6) is 0.425. The summed E-state index contributed by atoms with van der Waals surface area (Å²) < 4.78 is 6.82. The van der Waals surface area contributed by atoms with Crippen molar-refractivity contribution in [2.24, 2.45) is 13.0 Å². The van der Waals surface area contributed by atoms with Crippen LogP contribution in [-0.2, 0) is 16.6 Å². The number of aryl methyl sites for hydroxylation is 1. The molecule has 1 atom stereocenters. The second kappa shape index (κ2) is 4.52. The topological polar surface area (TPSA) is 82.2 Å². The van der Waals surface area contributed by atoms with Gasteiger partial charge in [-0.15, -0.1) is 0 Å². The van der Waals surface area contributed by atoms with Crippen molar-refractivity contribution in [1.82, 2.24) is 9.78 Å². The molecule has 1 amide bonds. The summed E-state index contributed by atoms with van der Waals surface area (Å²) in [5, 5.41) is 6.74. The number of rotatable bonds is 2. The highest BCUT2D eigenvalue weighted by Crippen LogP contribution is 2.19. The Kier molecular flexibility index (Phi) is 3.09. The van der Waals surface area contributed by atoms with Crippen LogP contribution in [0.5, 0.6) is 0 Å². The Morgan fingerprint density at radius 3 is 3.12 bits per heavy atom. The van der Waals surface area contributed by atoms with Crippen molar-refractivity contribution in [3.8, 4) is 0 Å². The van der Waals surface area contributed by atoms with Crippen LogP contribution in [0.1, 0.15) is 12.8 Å². The predicted molar refractivity (Wildman–Crippen MR) is 59.8 cm³/mol. The van der Waals surface area contributed by atoms with Crippen LogP contribution in [-0.4, -0.2) is 28.9 Å². The molecule has 6 nitrogen and oxygen atoms in total. The highest BCUT2D eigenvalue weighted by Gasteiger charge is 2.23. The minimum Gasteiger partial charge on any atom is -0.394 e. The molecule has 1 fully saturated rings. The third-order valence-electron chi connectivity index (χ3n) is 2.74. The predicted octanol–water partition coefficient (Wildman–Crippen LogP) is 0.367. The van der Waals surface area contributed by atoms with Gasteiger partial charge in [-0.05, 0) is 12.8 Å². The van der Waals surface area contributed by atoms with Gasteiger partial charge in [-0.1, -0.05) is 0 Å². The molecule has 2 rings (SSSR count). The molecular formula is C10H16N4O2. The lowest BCUT2D eigenvalue weighted by molar-refractivity contribution is -0.123. The van der Waals surface area contributed by atoms with Crippen LogP contribution >= 0.6 is 0 Å². The van der Waals surface area contributed by atoms with Gasteiger partial charge < -0.3 is 15.8 Å². The molecule has 0 bridgehead atoms. The zero-order valence-corrected chi connectivity index (χ0v) is 9.27. The first-order valence-corrected chi connectivity index (χ1v) is 5.34. The van der Waals surface area contributed by atoms with Crippen LogP contribution in [0.2, 0.25) is 0 Å². The molecule has 1 aliphatic rings. The number of anilines is 2. The van der Waals surface area contributed by atoms with E-state index >= 15 is 0 Å². The number of hydrogen-bond acceptors (Lipinski definition) is 4. The lowest BCUT2D eigenvalue weighted by Gasteiger charge is -2.21. The van der Waals surface area contributed by atoms with E-state index in [1.807, 2.05) is 0 Å². The van der Waals surface area contributed by atoms with Crippen LogP contribution in [0.15, 0.2) is 6.20 Å². The number of amides is 1. The van der Waals surface area contributed by atoms with E-state index in [9.17, 15) is 4.79 Å². The number of nitrogen functional groups attached to an aromatic ring is 1. The van der Waals surface area contributed by atoms with Gasteiger partial charge in [0.15, 0.2) is 5.82 Å². The Balaban J connectivity index is 2.01. The minimum atomic E-state index is -0.0805. The molecular weight excluding hydrogens is 208 g/mol. The Hall–Kier alpha value is -1.56. The maximum atomic E-state index is 11.9. The Morgan fingerprint density at radius 1 is 1.75 bits per heavy atom. The zero-order valence-electron chi connectivity index (χ0n) is 9.27. The normalized spacial score (nSPS) is 20.7. The molecule has 1 saturated heterocycles. The van der Waals surface area contributed by atoms with Gasteiger partial charge in [0.2, 0.25) is 5.91 Å². The van der Waals surface area contributed by atoms with Crippen LogP contribution < -0.4 is 11.1 Å². The molecule has 0 aromatic carbocycles. The Morgan fingerprint density at radius 2 is 2.56 bits per heavy atom. The highest BCUT2D eigenvalue weighted by atomic mass is 16.5. The van der Waals surface area contributed by atoms with Gasteiger partial charge in [-0.3, -0.25) is 9.48 Å². The van der Waals surface area contributed by atoms with Crippen molar-refractivity contribution >= 4 is 17.4 Å². The molecule has 1 unspecified atom stereocenters. The number of ether oxygens (including phenoxy) is 1. The fourth-order valence-corrected chi connectivity index (χ4v) is 1.77. The van der Waals surface area contributed by atoms with Crippen molar-refractivity contribution in [2.45, 2.75) is 12.8 Å². The summed E-state index contributed by atoms with van der Waals surface area (Å²) in [4.78, 5) is 11.9.